The van der Waals surface area contributed by atoms with E-state index in [4.69, 9.17) is 5.26 Å². The third kappa shape index (κ3) is 2.60. The Bertz CT molecular complexity index is 1020. The quantitative estimate of drug-likeness (QED) is 0.757. The first-order chi connectivity index (χ1) is 13.2. The van der Waals surface area contributed by atoms with E-state index < -0.39 is 0 Å². The summed E-state index contributed by atoms with van der Waals surface area (Å²) in [7, 11) is 0. The largest absolute Gasteiger partial charge is 0.356 e. The fraction of sp³-hybridized carbons (Fsp3) is 0.400. The van der Waals surface area contributed by atoms with Gasteiger partial charge in [-0.1, -0.05) is 6.92 Å². The second-order valence-electron chi connectivity index (χ2n) is 7.90. The molecule has 5 rings (SSSR count). The fourth-order valence-electron chi connectivity index (χ4n) is 4.67. The third-order valence-electron chi connectivity index (χ3n) is 6.11. The van der Waals surface area contributed by atoms with E-state index in [1.54, 1.807) is 12.5 Å². The first-order valence-corrected chi connectivity index (χ1v) is 9.30. The highest BCUT2D eigenvalue weighted by atomic mass is 15.3. The molecule has 5 heterocycles. The Hall–Kier alpha value is -3.14. The first-order valence-electron chi connectivity index (χ1n) is 9.30. The summed E-state index contributed by atoms with van der Waals surface area (Å²) >= 11 is 0. The first kappa shape index (κ1) is 16.1. The molecule has 3 aromatic heterocycles. The Balaban J connectivity index is 1.40. The highest BCUT2D eigenvalue weighted by molar-refractivity contribution is 5.87. The number of fused-ring (bicyclic) bond motifs is 2. The van der Waals surface area contributed by atoms with Gasteiger partial charge in [-0.25, -0.2) is 15.0 Å². The summed E-state index contributed by atoms with van der Waals surface area (Å²) in [5, 5.41) is 10.1. The standard InChI is InChI=1S/C20H21N7/c1-20-11-26(19-16-4-6-22-18(16)24-13-25-19)7-5-15(20)10-27(12-20)17-3-2-14(8-21)9-23-17/h2-4,6,9,13,15H,5,7,10-12H2,1H3,(H,22,24,25)/t15?,20-/m0/s1. The van der Waals surface area contributed by atoms with E-state index in [0.29, 0.717) is 11.5 Å². The van der Waals surface area contributed by atoms with E-state index in [-0.39, 0.29) is 5.41 Å². The number of H-pyrrole nitrogens is 1. The number of nitrogens with one attached hydrogen (secondary N) is 1. The number of hydrogen-bond acceptors (Lipinski definition) is 6. The molecule has 7 nitrogen and oxygen atoms in total. The van der Waals surface area contributed by atoms with Gasteiger partial charge in [0.05, 0.1) is 10.9 Å². The second kappa shape index (κ2) is 5.95. The molecule has 2 fully saturated rings. The van der Waals surface area contributed by atoms with Gasteiger partial charge >= 0.3 is 0 Å². The Labute approximate surface area is 157 Å². The van der Waals surface area contributed by atoms with Gasteiger partial charge in [-0.3, -0.25) is 0 Å². The molecule has 1 unspecified atom stereocenters. The number of nitriles is 1. The lowest BCUT2D eigenvalue weighted by Crippen LogP contribution is -2.47. The number of nitrogens with zero attached hydrogens (tertiary/aromatic N) is 6. The molecule has 1 N–H and O–H groups in total. The molecule has 0 saturated carbocycles. The van der Waals surface area contributed by atoms with Gasteiger partial charge in [-0.15, -0.1) is 0 Å². The summed E-state index contributed by atoms with van der Waals surface area (Å²) in [6, 6.07) is 8.01. The van der Waals surface area contributed by atoms with Gasteiger partial charge in [0.1, 0.15) is 29.7 Å². The van der Waals surface area contributed by atoms with Crippen molar-refractivity contribution in [3.63, 3.8) is 0 Å². The Kier molecular flexibility index (Phi) is 3.54. The van der Waals surface area contributed by atoms with Crippen molar-refractivity contribution in [2.75, 3.05) is 36.0 Å². The molecule has 7 heteroatoms. The monoisotopic (exact) mass is 359 g/mol. The van der Waals surface area contributed by atoms with Crippen LogP contribution < -0.4 is 9.80 Å². The predicted molar refractivity (Wildman–Crippen MR) is 103 cm³/mol. The Morgan fingerprint density at radius 1 is 1.19 bits per heavy atom. The number of rotatable bonds is 2. The van der Waals surface area contributed by atoms with Crippen molar-refractivity contribution in [2.24, 2.45) is 11.3 Å². The van der Waals surface area contributed by atoms with Gasteiger partial charge in [0.15, 0.2) is 0 Å². The van der Waals surface area contributed by atoms with Crippen LogP contribution in [-0.2, 0) is 0 Å². The lowest BCUT2D eigenvalue weighted by Gasteiger charge is -2.42. The lowest BCUT2D eigenvalue weighted by atomic mass is 9.75. The van der Waals surface area contributed by atoms with E-state index in [9.17, 15) is 0 Å². The SMILES string of the molecule is C[C@]12CN(c3ccc(C#N)cn3)CC1CCN(c1ncnc3[nH]ccc13)C2. The molecular formula is C20H21N7. The minimum Gasteiger partial charge on any atom is -0.356 e. The molecular weight excluding hydrogens is 338 g/mol. The van der Waals surface area contributed by atoms with Crippen molar-refractivity contribution < 1.29 is 0 Å². The van der Waals surface area contributed by atoms with Crippen LogP contribution in [0.1, 0.15) is 18.9 Å². The second-order valence-corrected chi connectivity index (χ2v) is 7.90. The minimum absolute atomic E-state index is 0.182. The molecule has 0 radical (unpaired) electrons. The molecule has 0 bridgehead atoms. The number of hydrogen-bond donors (Lipinski definition) is 1. The van der Waals surface area contributed by atoms with Crippen LogP contribution in [0, 0.1) is 22.7 Å². The maximum atomic E-state index is 8.98. The third-order valence-corrected chi connectivity index (χ3v) is 6.11. The fourth-order valence-corrected chi connectivity index (χ4v) is 4.67. The Morgan fingerprint density at radius 3 is 2.89 bits per heavy atom. The molecule has 0 amide bonds. The van der Waals surface area contributed by atoms with Crippen molar-refractivity contribution in [1.82, 2.24) is 19.9 Å². The molecule has 27 heavy (non-hydrogen) atoms. The molecule has 2 aliphatic heterocycles. The van der Waals surface area contributed by atoms with Gasteiger partial charge in [-0.2, -0.15) is 5.26 Å². The molecule has 3 aromatic rings. The van der Waals surface area contributed by atoms with Crippen molar-refractivity contribution in [1.29, 1.82) is 5.26 Å². The molecule has 136 valence electrons. The summed E-state index contributed by atoms with van der Waals surface area (Å²) < 4.78 is 0. The summed E-state index contributed by atoms with van der Waals surface area (Å²) in [5.41, 5.74) is 1.68. The molecule has 2 saturated heterocycles. The molecule has 0 spiro atoms. The Morgan fingerprint density at radius 2 is 2.07 bits per heavy atom. The minimum atomic E-state index is 0.182. The average Bonchev–Trinajstić information content (AvgIpc) is 3.31. The van der Waals surface area contributed by atoms with Gasteiger partial charge < -0.3 is 14.8 Å². The van der Waals surface area contributed by atoms with Crippen LogP contribution in [-0.4, -0.2) is 46.1 Å². The van der Waals surface area contributed by atoms with Gasteiger partial charge in [-0.05, 0) is 30.5 Å². The van der Waals surface area contributed by atoms with E-state index >= 15 is 0 Å². The van der Waals surface area contributed by atoms with Crippen LogP contribution in [0.4, 0.5) is 11.6 Å². The van der Waals surface area contributed by atoms with E-state index in [0.717, 1.165) is 55.3 Å². The van der Waals surface area contributed by atoms with Crippen molar-refractivity contribution in [3.05, 3.63) is 42.5 Å². The van der Waals surface area contributed by atoms with E-state index in [1.165, 1.54) is 0 Å². The summed E-state index contributed by atoms with van der Waals surface area (Å²) in [6.45, 7) is 6.35. The van der Waals surface area contributed by atoms with Gasteiger partial charge in [0, 0.05) is 44.0 Å². The van der Waals surface area contributed by atoms with Crippen molar-refractivity contribution in [3.8, 4) is 6.07 Å². The summed E-state index contributed by atoms with van der Waals surface area (Å²) in [4.78, 5) is 21.3. The lowest BCUT2D eigenvalue weighted by molar-refractivity contribution is 0.216. The van der Waals surface area contributed by atoms with E-state index in [2.05, 4.69) is 48.8 Å². The smallest absolute Gasteiger partial charge is 0.142 e. The topological polar surface area (TPSA) is 84.7 Å². The van der Waals surface area contributed by atoms with Crippen LogP contribution in [0.25, 0.3) is 11.0 Å². The van der Waals surface area contributed by atoms with E-state index in [1.807, 2.05) is 18.3 Å². The maximum absolute atomic E-state index is 8.98. The maximum Gasteiger partial charge on any atom is 0.142 e. The predicted octanol–water partition coefficient (Wildman–Crippen LogP) is 2.58. The number of pyridine rings is 1. The summed E-state index contributed by atoms with van der Waals surface area (Å²) in [5.74, 6) is 2.62. The zero-order valence-electron chi connectivity index (χ0n) is 15.3. The molecule has 0 aliphatic carbocycles. The number of aromatic amines is 1. The number of piperidine rings is 1. The molecule has 0 aromatic carbocycles. The van der Waals surface area contributed by atoms with Crippen LogP contribution in [0.2, 0.25) is 0 Å². The van der Waals surface area contributed by atoms with Crippen LogP contribution >= 0.6 is 0 Å². The zero-order chi connectivity index (χ0) is 18.4. The number of anilines is 2. The van der Waals surface area contributed by atoms with Crippen molar-refractivity contribution in [2.45, 2.75) is 13.3 Å². The highest BCUT2D eigenvalue weighted by Gasteiger charge is 2.47. The normalized spacial score (nSPS) is 24.8. The highest BCUT2D eigenvalue weighted by Crippen LogP contribution is 2.44. The van der Waals surface area contributed by atoms with Crippen LogP contribution in [0.15, 0.2) is 36.9 Å². The molecule has 2 atom stereocenters. The van der Waals surface area contributed by atoms with Crippen LogP contribution in [0.5, 0.6) is 0 Å². The van der Waals surface area contributed by atoms with Crippen molar-refractivity contribution >= 4 is 22.7 Å². The van der Waals surface area contributed by atoms with Gasteiger partial charge in [0.2, 0.25) is 0 Å². The zero-order valence-corrected chi connectivity index (χ0v) is 15.3. The number of aromatic nitrogens is 4. The average molecular weight is 359 g/mol. The summed E-state index contributed by atoms with van der Waals surface area (Å²) in [6.07, 6.45) is 6.37. The van der Waals surface area contributed by atoms with Crippen LogP contribution in [0.3, 0.4) is 0 Å². The molecule has 2 aliphatic rings. The van der Waals surface area contributed by atoms with Gasteiger partial charge in [0.25, 0.3) is 0 Å².